The number of ether oxygens (including phenoxy) is 2. The van der Waals surface area contributed by atoms with Crippen LogP contribution in [0.2, 0.25) is 5.02 Å². The molecule has 0 radical (unpaired) electrons. The van der Waals surface area contributed by atoms with Crippen molar-refractivity contribution in [3.05, 3.63) is 52.1 Å². The van der Waals surface area contributed by atoms with Gasteiger partial charge in [-0.05, 0) is 45.0 Å². The number of aromatic nitrogens is 3. The van der Waals surface area contributed by atoms with E-state index in [-0.39, 0.29) is 0 Å². The molecular formula is C22H21ClN4O2S. The quantitative estimate of drug-likeness (QED) is 0.366. The Hall–Kier alpha value is -2.90. The average Bonchev–Trinajstić information content (AvgIpc) is 3.17. The first kappa shape index (κ1) is 20.4. The van der Waals surface area contributed by atoms with E-state index in [0.29, 0.717) is 35.6 Å². The fourth-order valence-electron chi connectivity index (χ4n) is 3.12. The van der Waals surface area contributed by atoms with Crippen molar-refractivity contribution in [2.24, 2.45) is 0 Å². The minimum atomic E-state index is 0.537. The smallest absolute Gasteiger partial charge is 0.163 e. The summed E-state index contributed by atoms with van der Waals surface area (Å²) >= 11 is 8.02. The highest BCUT2D eigenvalue weighted by Crippen LogP contribution is 2.36. The Morgan fingerprint density at radius 1 is 1.03 bits per heavy atom. The molecule has 154 valence electrons. The van der Waals surface area contributed by atoms with Crippen LogP contribution in [-0.2, 0) is 0 Å². The molecule has 1 N–H and O–H groups in total. The second-order valence-electron chi connectivity index (χ2n) is 6.48. The SMILES string of the molecule is CCOc1cc2ncnc(Nc3ccc(Cl)c(-c4csc(C)n4)c3)c2cc1OCC. The van der Waals surface area contributed by atoms with Crippen LogP contribution >= 0.6 is 22.9 Å². The largest absolute Gasteiger partial charge is 0.490 e. The Kier molecular flexibility index (Phi) is 6.01. The molecule has 2 aromatic carbocycles. The third-order valence-electron chi connectivity index (χ3n) is 4.42. The first-order valence-electron chi connectivity index (χ1n) is 9.62. The van der Waals surface area contributed by atoms with Gasteiger partial charge in [0.15, 0.2) is 11.5 Å². The molecule has 8 heteroatoms. The van der Waals surface area contributed by atoms with Crippen LogP contribution in [0.25, 0.3) is 22.2 Å². The summed E-state index contributed by atoms with van der Waals surface area (Å²) in [5, 5.41) is 7.87. The zero-order valence-corrected chi connectivity index (χ0v) is 18.5. The Morgan fingerprint density at radius 3 is 2.50 bits per heavy atom. The predicted molar refractivity (Wildman–Crippen MR) is 122 cm³/mol. The van der Waals surface area contributed by atoms with Gasteiger partial charge in [0.05, 0.1) is 34.5 Å². The van der Waals surface area contributed by atoms with Crippen LogP contribution in [-0.4, -0.2) is 28.2 Å². The lowest BCUT2D eigenvalue weighted by atomic mass is 10.1. The van der Waals surface area contributed by atoms with Crippen LogP contribution in [0.1, 0.15) is 18.9 Å². The topological polar surface area (TPSA) is 69.2 Å². The first-order chi connectivity index (χ1) is 14.6. The van der Waals surface area contributed by atoms with E-state index in [4.69, 9.17) is 21.1 Å². The third-order valence-corrected chi connectivity index (χ3v) is 5.53. The second-order valence-corrected chi connectivity index (χ2v) is 7.95. The zero-order valence-electron chi connectivity index (χ0n) is 16.9. The summed E-state index contributed by atoms with van der Waals surface area (Å²) in [6.07, 6.45) is 1.53. The molecule has 0 aliphatic heterocycles. The van der Waals surface area contributed by atoms with E-state index in [0.717, 1.165) is 32.9 Å². The molecule has 30 heavy (non-hydrogen) atoms. The van der Waals surface area contributed by atoms with Crippen LogP contribution < -0.4 is 14.8 Å². The fraction of sp³-hybridized carbons (Fsp3) is 0.227. The monoisotopic (exact) mass is 440 g/mol. The van der Waals surface area contributed by atoms with Crippen LogP contribution in [0.4, 0.5) is 11.5 Å². The minimum absolute atomic E-state index is 0.537. The molecule has 6 nitrogen and oxygen atoms in total. The number of aryl methyl sites for hydroxylation is 1. The lowest BCUT2D eigenvalue weighted by Crippen LogP contribution is -2.01. The van der Waals surface area contributed by atoms with Gasteiger partial charge in [0.1, 0.15) is 12.1 Å². The molecule has 0 bridgehead atoms. The van der Waals surface area contributed by atoms with E-state index >= 15 is 0 Å². The summed E-state index contributed by atoms with van der Waals surface area (Å²) in [4.78, 5) is 13.4. The molecule has 0 aliphatic rings. The maximum absolute atomic E-state index is 6.42. The number of hydrogen-bond acceptors (Lipinski definition) is 7. The van der Waals surface area contributed by atoms with Crippen molar-refractivity contribution in [2.45, 2.75) is 20.8 Å². The summed E-state index contributed by atoms with van der Waals surface area (Å²) in [5.74, 6) is 2.01. The van der Waals surface area contributed by atoms with Gasteiger partial charge in [-0.25, -0.2) is 15.0 Å². The fourth-order valence-corrected chi connectivity index (χ4v) is 3.95. The number of hydrogen-bond donors (Lipinski definition) is 1. The van der Waals surface area contributed by atoms with Crippen molar-refractivity contribution in [3.63, 3.8) is 0 Å². The third kappa shape index (κ3) is 4.17. The summed E-state index contributed by atoms with van der Waals surface area (Å²) < 4.78 is 11.5. The molecule has 0 atom stereocenters. The van der Waals surface area contributed by atoms with E-state index in [1.807, 2.05) is 56.5 Å². The van der Waals surface area contributed by atoms with E-state index in [2.05, 4.69) is 20.3 Å². The second kappa shape index (κ2) is 8.85. The predicted octanol–water partition coefficient (Wildman–Crippen LogP) is 6.26. The molecular weight excluding hydrogens is 420 g/mol. The molecule has 4 rings (SSSR count). The van der Waals surface area contributed by atoms with Gasteiger partial charge in [-0.2, -0.15) is 0 Å². The number of halogens is 1. The molecule has 0 saturated carbocycles. The Labute approximate surface area is 183 Å². The molecule has 2 heterocycles. The lowest BCUT2D eigenvalue weighted by molar-refractivity contribution is 0.288. The van der Waals surface area contributed by atoms with Crippen molar-refractivity contribution >= 4 is 45.3 Å². The maximum Gasteiger partial charge on any atom is 0.163 e. The molecule has 0 aliphatic carbocycles. The molecule has 0 unspecified atom stereocenters. The molecule has 0 saturated heterocycles. The lowest BCUT2D eigenvalue weighted by Gasteiger charge is -2.14. The van der Waals surface area contributed by atoms with Gasteiger partial charge in [0.2, 0.25) is 0 Å². The standard InChI is InChI=1S/C22H21ClN4O2S/c1-4-28-20-9-16-18(10-21(20)29-5-2)24-12-25-22(16)27-14-6-7-17(23)15(8-14)19-11-30-13(3)26-19/h6-12H,4-5H2,1-3H3,(H,24,25,27). The number of thiazole rings is 1. The number of fused-ring (bicyclic) bond motifs is 1. The van der Waals surface area contributed by atoms with Crippen LogP contribution in [0, 0.1) is 6.92 Å². The van der Waals surface area contributed by atoms with Gasteiger partial charge >= 0.3 is 0 Å². The zero-order chi connectivity index (χ0) is 21.1. The normalized spacial score (nSPS) is 10.9. The summed E-state index contributed by atoms with van der Waals surface area (Å²) in [6, 6.07) is 9.53. The van der Waals surface area contributed by atoms with E-state index in [9.17, 15) is 0 Å². The highest BCUT2D eigenvalue weighted by molar-refractivity contribution is 7.09. The van der Waals surface area contributed by atoms with Gasteiger partial charge in [-0.3, -0.25) is 0 Å². The van der Waals surface area contributed by atoms with Crippen molar-refractivity contribution in [3.8, 4) is 22.8 Å². The maximum atomic E-state index is 6.42. The number of rotatable bonds is 7. The van der Waals surface area contributed by atoms with Crippen molar-refractivity contribution in [1.29, 1.82) is 0 Å². The van der Waals surface area contributed by atoms with Gasteiger partial charge in [0, 0.05) is 28.1 Å². The van der Waals surface area contributed by atoms with Gasteiger partial charge in [-0.1, -0.05) is 11.6 Å². The number of nitrogens with one attached hydrogen (secondary N) is 1. The molecule has 0 fully saturated rings. The molecule has 0 spiro atoms. The number of anilines is 2. The Balaban J connectivity index is 1.74. The average molecular weight is 441 g/mol. The number of nitrogens with zero attached hydrogens (tertiary/aromatic N) is 3. The van der Waals surface area contributed by atoms with Crippen LogP contribution in [0.3, 0.4) is 0 Å². The van der Waals surface area contributed by atoms with Gasteiger partial charge in [-0.15, -0.1) is 11.3 Å². The minimum Gasteiger partial charge on any atom is -0.490 e. The van der Waals surface area contributed by atoms with Gasteiger partial charge in [0.25, 0.3) is 0 Å². The van der Waals surface area contributed by atoms with E-state index < -0.39 is 0 Å². The molecule has 4 aromatic rings. The summed E-state index contributed by atoms with van der Waals surface area (Å²) in [7, 11) is 0. The molecule has 2 aromatic heterocycles. The van der Waals surface area contributed by atoms with Crippen molar-refractivity contribution in [1.82, 2.24) is 15.0 Å². The number of benzene rings is 2. The van der Waals surface area contributed by atoms with Crippen molar-refractivity contribution < 1.29 is 9.47 Å². The Morgan fingerprint density at radius 2 is 1.80 bits per heavy atom. The first-order valence-corrected chi connectivity index (χ1v) is 10.9. The summed E-state index contributed by atoms with van der Waals surface area (Å²) in [5.41, 5.74) is 3.35. The van der Waals surface area contributed by atoms with Gasteiger partial charge < -0.3 is 14.8 Å². The summed E-state index contributed by atoms with van der Waals surface area (Å²) in [6.45, 7) is 6.94. The Bertz CT molecular complexity index is 1200. The highest BCUT2D eigenvalue weighted by Gasteiger charge is 2.13. The molecule has 0 amide bonds. The van der Waals surface area contributed by atoms with E-state index in [1.165, 1.54) is 6.33 Å². The highest BCUT2D eigenvalue weighted by atomic mass is 35.5. The van der Waals surface area contributed by atoms with Crippen LogP contribution in [0.15, 0.2) is 42.0 Å². The van der Waals surface area contributed by atoms with Crippen LogP contribution in [0.5, 0.6) is 11.5 Å². The van der Waals surface area contributed by atoms with Crippen molar-refractivity contribution in [2.75, 3.05) is 18.5 Å². The van der Waals surface area contributed by atoms with E-state index in [1.54, 1.807) is 11.3 Å².